The summed E-state index contributed by atoms with van der Waals surface area (Å²) in [6.45, 7) is 2.52. The number of anilines is 1. The van der Waals surface area contributed by atoms with Gasteiger partial charge in [-0.3, -0.25) is 0 Å². The van der Waals surface area contributed by atoms with Crippen LogP contribution in [0.5, 0.6) is 0 Å². The minimum atomic E-state index is -0.321. The number of nitrogens with two attached hydrogens (primary N) is 1. The summed E-state index contributed by atoms with van der Waals surface area (Å²) in [5, 5.41) is 3.12. The van der Waals surface area contributed by atoms with Crippen LogP contribution in [0.15, 0.2) is 18.3 Å². The fraction of sp³-hybridized carbons (Fsp3) is 0.545. The highest BCUT2D eigenvalue weighted by molar-refractivity contribution is 5.39. The molecule has 4 heteroatoms. The van der Waals surface area contributed by atoms with Gasteiger partial charge in [0.1, 0.15) is 0 Å². The van der Waals surface area contributed by atoms with Gasteiger partial charge >= 0.3 is 0 Å². The monoisotopic (exact) mass is 209 g/mol. The Kier molecular flexibility index (Phi) is 2.61. The molecule has 1 aliphatic carbocycles. The molecule has 0 amide bonds. The molecule has 2 rings (SSSR count). The van der Waals surface area contributed by atoms with Crippen LogP contribution in [0.3, 0.4) is 0 Å². The maximum absolute atomic E-state index is 13.4. The van der Waals surface area contributed by atoms with Crippen LogP contribution in [0.2, 0.25) is 0 Å². The van der Waals surface area contributed by atoms with E-state index in [9.17, 15) is 4.39 Å². The van der Waals surface area contributed by atoms with Crippen molar-refractivity contribution in [2.75, 3.05) is 11.9 Å². The second kappa shape index (κ2) is 3.77. The molecule has 0 aliphatic heterocycles. The number of hydrogen-bond acceptors (Lipinski definition) is 3. The van der Waals surface area contributed by atoms with Crippen molar-refractivity contribution >= 4 is 5.82 Å². The average Bonchev–Trinajstić information content (AvgIpc) is 3.05. The Morgan fingerprint density at radius 1 is 1.67 bits per heavy atom. The summed E-state index contributed by atoms with van der Waals surface area (Å²) in [5.74, 6) is 0.527. The first-order valence-corrected chi connectivity index (χ1v) is 5.24. The van der Waals surface area contributed by atoms with E-state index in [1.54, 1.807) is 12.3 Å². The second-order valence-corrected chi connectivity index (χ2v) is 4.35. The summed E-state index contributed by atoms with van der Waals surface area (Å²) >= 11 is 0. The molecule has 0 saturated heterocycles. The molecule has 0 aromatic carbocycles. The van der Waals surface area contributed by atoms with Crippen molar-refractivity contribution in [1.29, 1.82) is 0 Å². The Balaban J connectivity index is 2.16. The van der Waals surface area contributed by atoms with Crippen molar-refractivity contribution in [3.8, 4) is 0 Å². The quantitative estimate of drug-likeness (QED) is 0.794. The fourth-order valence-electron chi connectivity index (χ4n) is 1.79. The van der Waals surface area contributed by atoms with Gasteiger partial charge in [-0.05, 0) is 37.8 Å². The Hall–Kier alpha value is -1.16. The Morgan fingerprint density at radius 3 is 2.93 bits per heavy atom. The summed E-state index contributed by atoms with van der Waals surface area (Å²) in [7, 11) is 0. The molecule has 3 N–H and O–H groups in total. The molecule has 82 valence electrons. The van der Waals surface area contributed by atoms with Gasteiger partial charge in [0.25, 0.3) is 0 Å². The molecule has 1 atom stereocenters. The van der Waals surface area contributed by atoms with Crippen LogP contribution in [0.1, 0.15) is 19.8 Å². The van der Waals surface area contributed by atoms with E-state index >= 15 is 0 Å². The number of nitrogens with one attached hydrogen (secondary N) is 1. The Morgan fingerprint density at radius 2 is 2.40 bits per heavy atom. The van der Waals surface area contributed by atoms with Gasteiger partial charge in [-0.2, -0.15) is 0 Å². The normalized spacial score (nSPS) is 19.7. The van der Waals surface area contributed by atoms with Crippen molar-refractivity contribution in [2.45, 2.75) is 25.3 Å². The topological polar surface area (TPSA) is 50.9 Å². The summed E-state index contributed by atoms with van der Waals surface area (Å²) in [6, 6.07) is 2.98. The number of hydrogen-bond donors (Lipinski definition) is 2. The number of rotatable bonds is 4. The lowest BCUT2D eigenvalue weighted by molar-refractivity contribution is 0.453. The number of halogens is 1. The zero-order valence-corrected chi connectivity index (χ0v) is 8.83. The van der Waals surface area contributed by atoms with Crippen molar-refractivity contribution in [2.24, 2.45) is 11.7 Å². The lowest BCUT2D eigenvalue weighted by Gasteiger charge is -2.30. The van der Waals surface area contributed by atoms with E-state index in [4.69, 9.17) is 5.73 Å². The predicted molar refractivity (Wildman–Crippen MR) is 58.0 cm³/mol. The van der Waals surface area contributed by atoms with Crippen LogP contribution in [0.25, 0.3) is 0 Å². The molecule has 1 unspecified atom stereocenters. The maximum atomic E-state index is 13.4. The van der Waals surface area contributed by atoms with E-state index in [2.05, 4.69) is 10.3 Å². The highest BCUT2D eigenvalue weighted by atomic mass is 19.1. The third kappa shape index (κ3) is 2.09. The summed E-state index contributed by atoms with van der Waals surface area (Å²) in [4.78, 5) is 3.98. The third-order valence-electron chi connectivity index (χ3n) is 3.06. The molecule has 1 aromatic heterocycles. The first-order valence-electron chi connectivity index (χ1n) is 5.24. The number of aromatic nitrogens is 1. The van der Waals surface area contributed by atoms with Gasteiger partial charge in [0.05, 0.1) is 5.54 Å². The van der Waals surface area contributed by atoms with Gasteiger partial charge in [0, 0.05) is 12.7 Å². The van der Waals surface area contributed by atoms with Gasteiger partial charge in [-0.25, -0.2) is 9.37 Å². The van der Waals surface area contributed by atoms with Gasteiger partial charge in [-0.15, -0.1) is 0 Å². The molecule has 15 heavy (non-hydrogen) atoms. The van der Waals surface area contributed by atoms with E-state index in [1.165, 1.54) is 6.07 Å². The van der Waals surface area contributed by atoms with Crippen LogP contribution in [0.4, 0.5) is 10.2 Å². The van der Waals surface area contributed by atoms with Crippen molar-refractivity contribution < 1.29 is 4.39 Å². The summed E-state index contributed by atoms with van der Waals surface area (Å²) < 4.78 is 13.4. The smallest absolute Gasteiger partial charge is 0.165 e. The Labute approximate surface area is 88.9 Å². The first-order chi connectivity index (χ1) is 7.15. The zero-order valence-electron chi connectivity index (χ0n) is 8.83. The highest BCUT2D eigenvalue weighted by Gasteiger charge is 2.41. The highest BCUT2D eigenvalue weighted by Crippen LogP contribution is 2.40. The van der Waals surface area contributed by atoms with Crippen LogP contribution < -0.4 is 11.1 Å². The minimum Gasteiger partial charge on any atom is -0.361 e. The standard InChI is InChI=1S/C11H16FN3/c1-11(7-13,8-4-5-8)15-10-9(12)3-2-6-14-10/h2-3,6,8H,4-5,7,13H2,1H3,(H,14,15). The lowest BCUT2D eigenvalue weighted by atomic mass is 9.96. The summed E-state index contributed by atoms with van der Waals surface area (Å²) in [6.07, 6.45) is 3.90. The molecule has 0 radical (unpaired) electrons. The molecular formula is C11H16FN3. The van der Waals surface area contributed by atoms with E-state index in [0.717, 1.165) is 12.8 Å². The first kappa shape index (κ1) is 10.4. The van der Waals surface area contributed by atoms with Crippen molar-refractivity contribution in [3.05, 3.63) is 24.1 Å². The molecule has 0 bridgehead atoms. The van der Waals surface area contributed by atoms with E-state index in [-0.39, 0.29) is 11.4 Å². The van der Waals surface area contributed by atoms with Gasteiger partial charge in [0.15, 0.2) is 11.6 Å². The van der Waals surface area contributed by atoms with Gasteiger partial charge in [0.2, 0.25) is 0 Å². The van der Waals surface area contributed by atoms with Crippen LogP contribution in [-0.4, -0.2) is 17.1 Å². The average molecular weight is 209 g/mol. The molecule has 1 fully saturated rings. The van der Waals surface area contributed by atoms with Gasteiger partial charge in [-0.1, -0.05) is 0 Å². The summed E-state index contributed by atoms with van der Waals surface area (Å²) in [5.41, 5.74) is 5.51. The van der Waals surface area contributed by atoms with Crippen molar-refractivity contribution in [1.82, 2.24) is 4.98 Å². The predicted octanol–water partition coefficient (Wildman–Crippen LogP) is 1.76. The molecule has 1 aromatic rings. The molecule has 0 spiro atoms. The minimum absolute atomic E-state index is 0.227. The van der Waals surface area contributed by atoms with E-state index < -0.39 is 0 Å². The molecular weight excluding hydrogens is 193 g/mol. The molecule has 1 aliphatic rings. The molecule has 1 saturated carbocycles. The van der Waals surface area contributed by atoms with E-state index in [1.807, 2.05) is 6.92 Å². The Bertz CT molecular complexity index is 351. The zero-order chi connectivity index (χ0) is 10.9. The second-order valence-electron chi connectivity index (χ2n) is 4.35. The van der Waals surface area contributed by atoms with Crippen molar-refractivity contribution in [3.63, 3.8) is 0 Å². The number of nitrogens with zero attached hydrogens (tertiary/aromatic N) is 1. The van der Waals surface area contributed by atoms with E-state index in [0.29, 0.717) is 18.3 Å². The van der Waals surface area contributed by atoms with Gasteiger partial charge < -0.3 is 11.1 Å². The molecule has 3 nitrogen and oxygen atoms in total. The fourth-order valence-corrected chi connectivity index (χ4v) is 1.79. The SMILES string of the molecule is CC(CN)(Nc1ncccc1F)C1CC1. The lowest BCUT2D eigenvalue weighted by Crippen LogP contribution is -2.45. The van der Waals surface area contributed by atoms with Crippen LogP contribution in [-0.2, 0) is 0 Å². The van der Waals surface area contributed by atoms with Crippen LogP contribution in [0, 0.1) is 11.7 Å². The molecule has 1 heterocycles. The van der Waals surface area contributed by atoms with Crippen LogP contribution >= 0.6 is 0 Å². The number of pyridine rings is 1. The maximum Gasteiger partial charge on any atom is 0.165 e. The largest absolute Gasteiger partial charge is 0.361 e. The third-order valence-corrected chi connectivity index (χ3v) is 3.06.